The van der Waals surface area contributed by atoms with E-state index in [2.05, 4.69) is 14.7 Å². The van der Waals surface area contributed by atoms with Crippen LogP contribution in [0.5, 0.6) is 5.75 Å². The molecule has 1 aromatic carbocycles. The smallest absolute Gasteiger partial charge is 0.241 e. The minimum atomic E-state index is -3.89. The summed E-state index contributed by atoms with van der Waals surface area (Å²) in [6.45, 7) is -0.0388. The molecule has 9 heteroatoms. The molecular weight excluding hydrogens is 287 g/mol. The molecular formula is C11H13FN4O3S. The van der Waals surface area contributed by atoms with Crippen molar-refractivity contribution in [3.05, 3.63) is 36.2 Å². The number of methoxy groups -OCH3 is 1. The number of aromatic nitrogens is 2. The molecule has 0 unspecified atom stereocenters. The van der Waals surface area contributed by atoms with Crippen molar-refractivity contribution in [3.8, 4) is 5.75 Å². The molecule has 20 heavy (non-hydrogen) atoms. The molecule has 1 aromatic heterocycles. The maximum absolute atomic E-state index is 13.6. The SMILES string of the molecule is COc1c(N)cc(S(=O)(=O)NCc2ncc[nH]2)cc1F. The Bertz CT molecular complexity index is 677. The summed E-state index contributed by atoms with van der Waals surface area (Å²) in [6, 6.07) is 1.98. The zero-order chi connectivity index (χ0) is 14.8. The van der Waals surface area contributed by atoms with Gasteiger partial charge in [0.2, 0.25) is 10.0 Å². The van der Waals surface area contributed by atoms with Crippen LogP contribution in [0.15, 0.2) is 29.4 Å². The predicted octanol–water partition coefficient (Wildman–Crippen LogP) is 0.618. The van der Waals surface area contributed by atoms with E-state index in [4.69, 9.17) is 10.5 Å². The number of ether oxygens (including phenoxy) is 1. The molecule has 4 N–H and O–H groups in total. The number of aromatic amines is 1. The third-order valence-electron chi connectivity index (χ3n) is 2.54. The Morgan fingerprint density at radius 1 is 1.50 bits per heavy atom. The summed E-state index contributed by atoms with van der Waals surface area (Å²) < 4.78 is 44.7. The Morgan fingerprint density at radius 2 is 2.25 bits per heavy atom. The highest BCUT2D eigenvalue weighted by molar-refractivity contribution is 7.89. The summed E-state index contributed by atoms with van der Waals surface area (Å²) in [4.78, 5) is 6.34. The first-order chi connectivity index (χ1) is 9.44. The van der Waals surface area contributed by atoms with Gasteiger partial charge in [0.15, 0.2) is 11.6 Å². The van der Waals surface area contributed by atoms with E-state index in [0.29, 0.717) is 5.82 Å². The summed E-state index contributed by atoms with van der Waals surface area (Å²) in [5.41, 5.74) is 5.45. The fraction of sp³-hybridized carbons (Fsp3) is 0.182. The normalized spacial score (nSPS) is 11.5. The molecule has 0 amide bonds. The molecule has 2 aromatic rings. The minimum absolute atomic E-state index is 0.0388. The fourth-order valence-electron chi connectivity index (χ4n) is 1.60. The molecule has 0 spiro atoms. The first-order valence-corrected chi connectivity index (χ1v) is 7.03. The third-order valence-corrected chi connectivity index (χ3v) is 3.93. The second-order valence-electron chi connectivity index (χ2n) is 3.89. The number of rotatable bonds is 5. The van der Waals surface area contributed by atoms with E-state index >= 15 is 0 Å². The highest BCUT2D eigenvalue weighted by atomic mass is 32.2. The first kappa shape index (κ1) is 14.3. The van der Waals surface area contributed by atoms with Crippen molar-refractivity contribution >= 4 is 15.7 Å². The molecule has 108 valence electrons. The number of halogens is 1. The van der Waals surface area contributed by atoms with E-state index in [9.17, 15) is 12.8 Å². The highest BCUT2D eigenvalue weighted by Gasteiger charge is 2.19. The Labute approximate surface area is 115 Å². The summed E-state index contributed by atoms with van der Waals surface area (Å²) >= 11 is 0. The van der Waals surface area contributed by atoms with Crippen molar-refractivity contribution in [2.45, 2.75) is 11.4 Å². The molecule has 0 bridgehead atoms. The van der Waals surface area contributed by atoms with E-state index in [1.807, 2.05) is 0 Å². The van der Waals surface area contributed by atoms with Crippen LogP contribution in [0.1, 0.15) is 5.82 Å². The number of nitrogens with two attached hydrogens (primary N) is 1. The molecule has 0 atom stereocenters. The topological polar surface area (TPSA) is 110 Å². The van der Waals surface area contributed by atoms with E-state index in [1.165, 1.54) is 13.3 Å². The average molecular weight is 300 g/mol. The second kappa shape index (κ2) is 5.47. The van der Waals surface area contributed by atoms with Gasteiger partial charge in [0.1, 0.15) is 5.82 Å². The van der Waals surface area contributed by atoms with Crippen molar-refractivity contribution in [3.63, 3.8) is 0 Å². The van der Waals surface area contributed by atoms with E-state index in [1.54, 1.807) is 6.20 Å². The number of hydrogen-bond donors (Lipinski definition) is 3. The summed E-state index contributed by atoms with van der Waals surface area (Å²) in [5.74, 6) is -0.587. The maximum atomic E-state index is 13.6. The second-order valence-corrected chi connectivity index (χ2v) is 5.65. The minimum Gasteiger partial charge on any atom is -0.492 e. The van der Waals surface area contributed by atoms with Gasteiger partial charge in [-0.15, -0.1) is 0 Å². The van der Waals surface area contributed by atoms with Crippen LogP contribution in [0.4, 0.5) is 10.1 Å². The van der Waals surface area contributed by atoms with Gasteiger partial charge in [-0.2, -0.15) is 0 Å². The maximum Gasteiger partial charge on any atom is 0.241 e. The molecule has 0 aliphatic carbocycles. The van der Waals surface area contributed by atoms with Crippen molar-refractivity contribution in [2.75, 3.05) is 12.8 Å². The van der Waals surface area contributed by atoms with Crippen LogP contribution in [0.3, 0.4) is 0 Å². The van der Waals surface area contributed by atoms with Crippen LogP contribution in [0, 0.1) is 5.82 Å². The Kier molecular flexibility index (Phi) is 3.91. The van der Waals surface area contributed by atoms with E-state index < -0.39 is 15.8 Å². The summed E-state index contributed by atoms with van der Waals surface area (Å²) in [6.07, 6.45) is 3.06. The van der Waals surface area contributed by atoms with Crippen LogP contribution in [-0.4, -0.2) is 25.5 Å². The van der Waals surface area contributed by atoms with Gasteiger partial charge in [0.05, 0.1) is 24.2 Å². The molecule has 7 nitrogen and oxygen atoms in total. The summed E-state index contributed by atoms with van der Waals surface area (Å²) in [5, 5.41) is 0. The number of nitrogens with one attached hydrogen (secondary N) is 2. The summed E-state index contributed by atoms with van der Waals surface area (Å²) in [7, 11) is -2.64. The van der Waals surface area contributed by atoms with Crippen LogP contribution >= 0.6 is 0 Å². The lowest BCUT2D eigenvalue weighted by atomic mass is 10.3. The van der Waals surface area contributed by atoms with E-state index in [-0.39, 0.29) is 22.9 Å². The van der Waals surface area contributed by atoms with Gasteiger partial charge in [-0.1, -0.05) is 0 Å². The molecule has 2 rings (SSSR count). The van der Waals surface area contributed by atoms with Gasteiger partial charge in [-0.3, -0.25) is 0 Å². The Balaban J connectivity index is 2.25. The van der Waals surface area contributed by atoms with Gasteiger partial charge >= 0.3 is 0 Å². The van der Waals surface area contributed by atoms with Gasteiger partial charge in [-0.05, 0) is 12.1 Å². The lowest BCUT2D eigenvalue weighted by molar-refractivity contribution is 0.388. The number of hydrogen-bond acceptors (Lipinski definition) is 5. The predicted molar refractivity (Wildman–Crippen MR) is 70.0 cm³/mol. The zero-order valence-electron chi connectivity index (χ0n) is 10.6. The van der Waals surface area contributed by atoms with Gasteiger partial charge in [0, 0.05) is 12.4 Å². The Morgan fingerprint density at radius 3 is 2.80 bits per heavy atom. The number of benzene rings is 1. The van der Waals surface area contributed by atoms with Crippen molar-refractivity contribution in [1.82, 2.24) is 14.7 Å². The largest absolute Gasteiger partial charge is 0.492 e. The lowest BCUT2D eigenvalue weighted by Crippen LogP contribution is -2.24. The van der Waals surface area contributed by atoms with Crippen molar-refractivity contribution in [1.29, 1.82) is 0 Å². The molecule has 0 saturated carbocycles. The van der Waals surface area contributed by atoms with Crippen LogP contribution in [-0.2, 0) is 16.6 Å². The highest BCUT2D eigenvalue weighted by Crippen LogP contribution is 2.28. The molecule has 1 heterocycles. The van der Waals surface area contributed by atoms with Gasteiger partial charge < -0.3 is 15.5 Å². The fourth-order valence-corrected chi connectivity index (χ4v) is 2.63. The average Bonchev–Trinajstić information content (AvgIpc) is 2.89. The number of sulfonamides is 1. The molecule has 0 aliphatic heterocycles. The zero-order valence-corrected chi connectivity index (χ0v) is 11.4. The first-order valence-electron chi connectivity index (χ1n) is 5.55. The van der Waals surface area contributed by atoms with Crippen molar-refractivity contribution in [2.24, 2.45) is 0 Å². The standard InChI is InChI=1S/C11H13FN4O3S/c1-19-11-8(12)4-7(5-9(11)13)20(17,18)16-6-10-14-2-3-15-10/h2-5,16H,6,13H2,1H3,(H,14,15). The molecule has 0 fully saturated rings. The number of H-pyrrole nitrogens is 1. The number of nitrogen functional groups attached to an aromatic ring is 1. The number of nitrogens with zero attached hydrogens (tertiary/aromatic N) is 1. The monoisotopic (exact) mass is 300 g/mol. The van der Waals surface area contributed by atoms with Crippen molar-refractivity contribution < 1.29 is 17.5 Å². The molecule has 0 aliphatic rings. The van der Waals surface area contributed by atoms with Gasteiger partial charge in [0.25, 0.3) is 0 Å². The number of anilines is 1. The van der Waals surface area contributed by atoms with Crippen LogP contribution < -0.4 is 15.2 Å². The quantitative estimate of drug-likeness (QED) is 0.701. The van der Waals surface area contributed by atoms with Crippen LogP contribution in [0.2, 0.25) is 0 Å². The van der Waals surface area contributed by atoms with E-state index in [0.717, 1.165) is 12.1 Å². The van der Waals surface area contributed by atoms with Gasteiger partial charge in [-0.25, -0.2) is 22.5 Å². The van der Waals surface area contributed by atoms with Crippen LogP contribution in [0.25, 0.3) is 0 Å². The third kappa shape index (κ3) is 2.89. The lowest BCUT2D eigenvalue weighted by Gasteiger charge is -2.10. The molecule has 0 saturated heterocycles. The Hall–Kier alpha value is -2.13. The molecule has 0 radical (unpaired) electrons. The number of imidazole rings is 1.